The lowest BCUT2D eigenvalue weighted by Crippen LogP contribution is -2.45. The second-order valence-electron chi connectivity index (χ2n) is 9.25. The van der Waals surface area contributed by atoms with Gasteiger partial charge in [-0.1, -0.05) is 35.9 Å². The van der Waals surface area contributed by atoms with E-state index in [0.717, 1.165) is 63.0 Å². The minimum absolute atomic E-state index is 0.694. The summed E-state index contributed by atoms with van der Waals surface area (Å²) in [5.74, 6) is 0. The number of nitrogens with two attached hydrogens (primary N) is 1. The predicted octanol–water partition coefficient (Wildman–Crippen LogP) is 4.36. The van der Waals surface area contributed by atoms with Gasteiger partial charge in [-0.2, -0.15) is 5.10 Å². The minimum atomic E-state index is 0.694. The van der Waals surface area contributed by atoms with Crippen LogP contribution in [-0.2, 0) is 26.7 Å². The van der Waals surface area contributed by atoms with Crippen LogP contribution >= 0.6 is 11.6 Å². The molecule has 178 valence electrons. The molecule has 1 saturated heterocycles. The van der Waals surface area contributed by atoms with Gasteiger partial charge in [0.2, 0.25) is 0 Å². The molecule has 0 amide bonds. The average molecular weight is 477 g/mol. The number of hydrogen-bond donors (Lipinski definition) is 1. The van der Waals surface area contributed by atoms with Gasteiger partial charge in [0.15, 0.2) is 0 Å². The first-order valence-electron chi connectivity index (χ1n) is 12.1. The fourth-order valence-corrected chi connectivity index (χ4v) is 5.08. The highest BCUT2D eigenvalue weighted by Gasteiger charge is 2.19. The van der Waals surface area contributed by atoms with Gasteiger partial charge in [-0.05, 0) is 48.4 Å². The van der Waals surface area contributed by atoms with Crippen LogP contribution in [0.15, 0.2) is 60.9 Å². The Morgan fingerprint density at radius 2 is 1.74 bits per heavy atom. The molecule has 0 radical (unpaired) electrons. The molecular formula is C27H33ClN6. The molecule has 7 heteroatoms. The highest BCUT2D eigenvalue weighted by Crippen LogP contribution is 2.31. The summed E-state index contributed by atoms with van der Waals surface area (Å²) < 4.78 is 4.19. The molecule has 1 aliphatic rings. The van der Waals surface area contributed by atoms with Crippen molar-refractivity contribution < 1.29 is 0 Å². The zero-order valence-corrected chi connectivity index (χ0v) is 20.6. The number of fused-ring (bicyclic) bond motifs is 1. The Labute approximate surface area is 206 Å². The molecule has 34 heavy (non-hydrogen) atoms. The first kappa shape index (κ1) is 23.1. The maximum Gasteiger partial charge on any atom is 0.0944 e. The van der Waals surface area contributed by atoms with Gasteiger partial charge < -0.3 is 10.3 Å². The number of rotatable bonds is 8. The second kappa shape index (κ2) is 10.3. The van der Waals surface area contributed by atoms with Crippen LogP contribution in [0.5, 0.6) is 0 Å². The van der Waals surface area contributed by atoms with Gasteiger partial charge in [0.05, 0.1) is 5.69 Å². The summed E-state index contributed by atoms with van der Waals surface area (Å²) in [6.07, 6.45) is 5.20. The summed E-state index contributed by atoms with van der Waals surface area (Å²) in [5.41, 5.74) is 11.8. The molecule has 4 aromatic rings. The molecule has 6 nitrogen and oxygen atoms in total. The van der Waals surface area contributed by atoms with Crippen molar-refractivity contribution in [3.63, 3.8) is 0 Å². The van der Waals surface area contributed by atoms with Crippen LogP contribution in [-0.4, -0.2) is 56.9 Å². The van der Waals surface area contributed by atoms with Gasteiger partial charge in [-0.3, -0.25) is 14.5 Å². The van der Waals surface area contributed by atoms with Crippen LogP contribution in [0.1, 0.15) is 17.5 Å². The van der Waals surface area contributed by atoms with Gasteiger partial charge in [-0.15, -0.1) is 0 Å². The van der Waals surface area contributed by atoms with E-state index in [4.69, 9.17) is 17.3 Å². The van der Waals surface area contributed by atoms with Gasteiger partial charge in [0, 0.05) is 86.7 Å². The third-order valence-electron chi connectivity index (χ3n) is 6.76. The van der Waals surface area contributed by atoms with E-state index in [0.29, 0.717) is 6.54 Å². The van der Waals surface area contributed by atoms with Crippen molar-refractivity contribution in [1.29, 1.82) is 0 Å². The lowest BCUT2D eigenvalue weighted by atomic mass is 10.1. The summed E-state index contributed by atoms with van der Waals surface area (Å²) >= 11 is 6.36. The van der Waals surface area contributed by atoms with E-state index < -0.39 is 0 Å². The number of benzene rings is 2. The molecule has 0 spiro atoms. The predicted molar refractivity (Wildman–Crippen MR) is 140 cm³/mol. The van der Waals surface area contributed by atoms with Crippen molar-refractivity contribution in [2.45, 2.75) is 26.1 Å². The number of nitrogens with zero attached hydrogens (tertiary/aromatic N) is 5. The molecule has 5 rings (SSSR count). The van der Waals surface area contributed by atoms with Crippen LogP contribution in [0.25, 0.3) is 22.2 Å². The summed E-state index contributed by atoms with van der Waals surface area (Å²) in [4.78, 5) is 5.05. The van der Waals surface area contributed by atoms with E-state index >= 15 is 0 Å². The molecule has 2 aromatic carbocycles. The number of aromatic nitrogens is 3. The largest absolute Gasteiger partial charge is 0.347 e. The quantitative estimate of drug-likeness (QED) is 0.410. The van der Waals surface area contributed by atoms with Gasteiger partial charge in [0.25, 0.3) is 0 Å². The Bertz CT molecular complexity index is 1250. The van der Waals surface area contributed by atoms with E-state index in [-0.39, 0.29) is 0 Å². The monoisotopic (exact) mass is 476 g/mol. The highest BCUT2D eigenvalue weighted by atomic mass is 35.5. The number of hydrogen-bond acceptors (Lipinski definition) is 4. The van der Waals surface area contributed by atoms with Crippen molar-refractivity contribution in [3.05, 3.63) is 77.1 Å². The standard InChI is InChI=1S/C27H33ClN6/c1-31-12-9-26(30-31)24-20-34(11-4-10-29)27-8-7-21(17-23(24)27)18-32-13-15-33(16-14-32)19-22-5-2-3-6-25(22)28/h2-3,5-9,12,17,20H,4,10-11,13-16,18-19,29H2,1H3. The van der Waals surface area contributed by atoms with Crippen LogP contribution in [0.2, 0.25) is 5.02 Å². The minimum Gasteiger partial charge on any atom is -0.347 e. The Morgan fingerprint density at radius 1 is 0.971 bits per heavy atom. The summed E-state index contributed by atoms with van der Waals surface area (Å²) in [6, 6.07) is 17.2. The number of halogens is 1. The van der Waals surface area contributed by atoms with Crippen LogP contribution in [0, 0.1) is 0 Å². The third-order valence-corrected chi connectivity index (χ3v) is 7.13. The smallest absolute Gasteiger partial charge is 0.0944 e. The Hall–Kier alpha value is -2.64. The van der Waals surface area contributed by atoms with Crippen LogP contribution in [0.3, 0.4) is 0 Å². The zero-order chi connectivity index (χ0) is 23.5. The number of aryl methyl sites for hydroxylation is 2. The average Bonchev–Trinajstić information content (AvgIpc) is 3.43. The fourth-order valence-electron chi connectivity index (χ4n) is 4.88. The molecule has 2 aromatic heterocycles. The molecule has 1 aliphatic heterocycles. The first-order chi connectivity index (χ1) is 16.6. The lowest BCUT2D eigenvalue weighted by molar-refractivity contribution is 0.122. The molecular weight excluding hydrogens is 444 g/mol. The molecule has 0 saturated carbocycles. The molecule has 0 unspecified atom stereocenters. The van der Waals surface area contributed by atoms with E-state index in [2.05, 4.69) is 62.1 Å². The summed E-state index contributed by atoms with van der Waals surface area (Å²) in [5, 5.41) is 6.80. The van der Waals surface area contributed by atoms with Crippen molar-refractivity contribution in [2.75, 3.05) is 32.7 Å². The SMILES string of the molecule is Cn1ccc(-c2cn(CCCN)c3ccc(CN4CCN(Cc5ccccc5Cl)CC4)cc23)n1. The molecule has 1 fully saturated rings. The molecule has 0 bridgehead atoms. The van der Waals surface area contributed by atoms with Crippen LogP contribution in [0.4, 0.5) is 0 Å². The van der Waals surface area contributed by atoms with Gasteiger partial charge in [-0.25, -0.2) is 0 Å². The summed E-state index contributed by atoms with van der Waals surface area (Å²) in [7, 11) is 1.97. The first-order valence-corrected chi connectivity index (χ1v) is 12.5. The molecule has 0 aliphatic carbocycles. The fraction of sp³-hybridized carbons (Fsp3) is 0.370. The maximum absolute atomic E-state index is 6.36. The van der Waals surface area contributed by atoms with Crippen molar-refractivity contribution in [1.82, 2.24) is 24.1 Å². The second-order valence-corrected chi connectivity index (χ2v) is 9.66. The van der Waals surface area contributed by atoms with E-state index in [1.807, 2.05) is 30.1 Å². The Kier molecular flexibility index (Phi) is 7.02. The van der Waals surface area contributed by atoms with E-state index in [1.165, 1.54) is 27.6 Å². The zero-order valence-electron chi connectivity index (χ0n) is 19.8. The Balaban J connectivity index is 1.30. The molecule has 0 atom stereocenters. The van der Waals surface area contributed by atoms with E-state index in [1.54, 1.807) is 0 Å². The van der Waals surface area contributed by atoms with Crippen molar-refractivity contribution in [3.8, 4) is 11.3 Å². The van der Waals surface area contributed by atoms with Gasteiger partial charge >= 0.3 is 0 Å². The van der Waals surface area contributed by atoms with Crippen LogP contribution < -0.4 is 5.73 Å². The van der Waals surface area contributed by atoms with Crippen molar-refractivity contribution >= 4 is 22.5 Å². The van der Waals surface area contributed by atoms with Gasteiger partial charge in [0.1, 0.15) is 0 Å². The van der Waals surface area contributed by atoms with Crippen molar-refractivity contribution in [2.24, 2.45) is 12.8 Å². The highest BCUT2D eigenvalue weighted by molar-refractivity contribution is 6.31. The molecule has 3 heterocycles. The topological polar surface area (TPSA) is 55.2 Å². The lowest BCUT2D eigenvalue weighted by Gasteiger charge is -2.35. The van der Waals surface area contributed by atoms with E-state index in [9.17, 15) is 0 Å². The third kappa shape index (κ3) is 5.05. The maximum atomic E-state index is 6.36. The normalized spacial score (nSPS) is 15.4. The summed E-state index contributed by atoms with van der Waals surface area (Å²) in [6.45, 7) is 7.74. The molecule has 2 N–H and O–H groups in total. The number of piperazine rings is 1. The Morgan fingerprint density at radius 3 is 2.44 bits per heavy atom.